The number of rotatable bonds is 10. The first-order valence-electron chi connectivity index (χ1n) is 13.0. The Bertz CT molecular complexity index is 1540. The highest BCUT2D eigenvalue weighted by molar-refractivity contribution is 7.17. The molecule has 1 aliphatic heterocycles. The number of ether oxygens (including phenoxy) is 3. The predicted molar refractivity (Wildman–Crippen MR) is 156 cm³/mol. The van der Waals surface area contributed by atoms with Crippen LogP contribution in [-0.2, 0) is 16.1 Å². The van der Waals surface area contributed by atoms with Crippen LogP contribution in [0.25, 0.3) is 21.2 Å². The molecule has 39 heavy (non-hydrogen) atoms. The van der Waals surface area contributed by atoms with Crippen LogP contribution in [0.15, 0.2) is 66.0 Å². The summed E-state index contributed by atoms with van der Waals surface area (Å²) in [5, 5.41) is 12.6. The molecule has 3 aromatic carbocycles. The second-order valence-electron chi connectivity index (χ2n) is 10.5. The molecule has 0 saturated carbocycles. The SMILES string of the molecule is CC#C[C@@H](CC(=O)O)c1ccc(OCc2ccc3scc(-c4ccc(OCC5(C)COC5)cc4C)c3c2)cc1. The molecule has 0 amide bonds. The molecule has 1 aromatic heterocycles. The average Bonchev–Trinajstić information content (AvgIpc) is 3.32. The van der Waals surface area contributed by atoms with Gasteiger partial charge >= 0.3 is 5.97 Å². The summed E-state index contributed by atoms with van der Waals surface area (Å²) in [7, 11) is 0. The summed E-state index contributed by atoms with van der Waals surface area (Å²) >= 11 is 1.74. The Morgan fingerprint density at radius 2 is 1.82 bits per heavy atom. The molecule has 5 nitrogen and oxygen atoms in total. The number of hydrogen-bond donors (Lipinski definition) is 1. The average molecular weight is 541 g/mol. The third-order valence-electron chi connectivity index (χ3n) is 7.00. The molecule has 200 valence electrons. The van der Waals surface area contributed by atoms with Crippen molar-refractivity contribution in [2.75, 3.05) is 19.8 Å². The van der Waals surface area contributed by atoms with E-state index in [1.807, 2.05) is 24.3 Å². The molecule has 0 bridgehead atoms. The normalized spacial score (nSPS) is 14.6. The Labute approximate surface area is 233 Å². The van der Waals surface area contributed by atoms with Crippen LogP contribution in [0.4, 0.5) is 0 Å². The minimum atomic E-state index is -0.861. The second kappa shape index (κ2) is 11.5. The number of benzene rings is 3. The topological polar surface area (TPSA) is 65.0 Å². The van der Waals surface area contributed by atoms with E-state index in [9.17, 15) is 9.90 Å². The highest BCUT2D eigenvalue weighted by Gasteiger charge is 2.34. The Kier molecular flexibility index (Phi) is 7.92. The van der Waals surface area contributed by atoms with E-state index < -0.39 is 5.97 Å². The molecule has 0 spiro atoms. The summed E-state index contributed by atoms with van der Waals surface area (Å²) in [6, 6.07) is 20.3. The fourth-order valence-corrected chi connectivity index (χ4v) is 5.70. The van der Waals surface area contributed by atoms with Crippen molar-refractivity contribution in [1.29, 1.82) is 0 Å². The van der Waals surface area contributed by atoms with Crippen LogP contribution in [0.2, 0.25) is 0 Å². The van der Waals surface area contributed by atoms with Crippen molar-refractivity contribution < 1.29 is 24.1 Å². The van der Waals surface area contributed by atoms with E-state index in [2.05, 4.69) is 67.5 Å². The Morgan fingerprint density at radius 1 is 1.05 bits per heavy atom. The van der Waals surface area contributed by atoms with Gasteiger partial charge in [0.15, 0.2) is 0 Å². The molecule has 5 rings (SSSR count). The Hall–Kier alpha value is -3.79. The van der Waals surface area contributed by atoms with Crippen molar-refractivity contribution in [3.8, 4) is 34.5 Å². The number of thiophene rings is 1. The van der Waals surface area contributed by atoms with Crippen molar-refractivity contribution in [3.05, 3.63) is 82.7 Å². The number of carbonyl (C=O) groups is 1. The lowest BCUT2D eigenvalue weighted by Crippen LogP contribution is -2.44. The van der Waals surface area contributed by atoms with Gasteiger partial charge in [-0.15, -0.1) is 17.3 Å². The van der Waals surface area contributed by atoms with Gasteiger partial charge in [-0.2, -0.15) is 0 Å². The zero-order valence-electron chi connectivity index (χ0n) is 22.5. The number of aliphatic carboxylic acids is 1. The molecule has 2 heterocycles. The molecule has 1 N–H and O–H groups in total. The van der Waals surface area contributed by atoms with Gasteiger partial charge in [0.2, 0.25) is 0 Å². The zero-order chi connectivity index (χ0) is 27.4. The van der Waals surface area contributed by atoms with E-state index in [-0.39, 0.29) is 17.8 Å². The first-order chi connectivity index (χ1) is 18.8. The maximum Gasteiger partial charge on any atom is 0.304 e. The molecule has 0 radical (unpaired) electrons. The van der Waals surface area contributed by atoms with Gasteiger partial charge in [0.05, 0.1) is 32.2 Å². The monoisotopic (exact) mass is 540 g/mol. The molecule has 4 aromatic rings. The summed E-state index contributed by atoms with van der Waals surface area (Å²) < 4.78 is 18.7. The minimum absolute atomic E-state index is 0.0197. The number of hydrogen-bond acceptors (Lipinski definition) is 5. The number of carboxylic acid groups (broad SMARTS) is 1. The first-order valence-corrected chi connectivity index (χ1v) is 13.9. The lowest BCUT2D eigenvalue weighted by atomic mass is 9.90. The van der Waals surface area contributed by atoms with Crippen LogP contribution in [0.3, 0.4) is 0 Å². The summed E-state index contributed by atoms with van der Waals surface area (Å²) in [4.78, 5) is 11.2. The van der Waals surface area contributed by atoms with Crippen LogP contribution >= 0.6 is 11.3 Å². The van der Waals surface area contributed by atoms with Crippen LogP contribution < -0.4 is 9.47 Å². The van der Waals surface area contributed by atoms with Gasteiger partial charge < -0.3 is 19.3 Å². The van der Waals surface area contributed by atoms with Crippen molar-refractivity contribution in [1.82, 2.24) is 0 Å². The van der Waals surface area contributed by atoms with Crippen LogP contribution in [0.5, 0.6) is 11.5 Å². The molecule has 0 aliphatic carbocycles. The van der Waals surface area contributed by atoms with E-state index in [4.69, 9.17) is 14.2 Å². The van der Waals surface area contributed by atoms with Gasteiger partial charge in [0, 0.05) is 21.1 Å². The molecular formula is C33H32O5S. The van der Waals surface area contributed by atoms with Gasteiger partial charge in [-0.3, -0.25) is 4.79 Å². The van der Waals surface area contributed by atoms with Gasteiger partial charge in [-0.1, -0.05) is 37.1 Å². The molecule has 0 unspecified atom stereocenters. The smallest absolute Gasteiger partial charge is 0.304 e. The second-order valence-corrected chi connectivity index (χ2v) is 11.4. The highest BCUT2D eigenvalue weighted by Crippen LogP contribution is 2.38. The maximum absolute atomic E-state index is 11.2. The standard InChI is InChI=1S/C33H32O5S/c1-4-5-25(16-32(34)35)24-7-9-26(10-8-24)37-17-23-6-13-31-29(15-23)30(18-39-31)28-12-11-27(14-22(28)2)38-21-33(3)19-36-20-33/h6-15,18,25H,16-17,19-21H2,1-3H3,(H,34,35)/t25-/m0/s1. The van der Waals surface area contributed by atoms with Crippen molar-refractivity contribution in [3.63, 3.8) is 0 Å². The molecular weight excluding hydrogens is 508 g/mol. The zero-order valence-corrected chi connectivity index (χ0v) is 23.3. The lowest BCUT2D eigenvalue weighted by molar-refractivity contribution is -0.137. The van der Waals surface area contributed by atoms with E-state index in [1.165, 1.54) is 26.8 Å². The lowest BCUT2D eigenvalue weighted by Gasteiger charge is -2.37. The molecule has 6 heteroatoms. The molecule has 1 aliphatic rings. The summed E-state index contributed by atoms with van der Waals surface area (Å²) in [5.74, 6) is 6.24. The number of fused-ring (bicyclic) bond motifs is 1. The van der Waals surface area contributed by atoms with E-state index in [1.54, 1.807) is 18.3 Å². The van der Waals surface area contributed by atoms with Gasteiger partial charge in [0.1, 0.15) is 18.1 Å². The van der Waals surface area contributed by atoms with Crippen molar-refractivity contribution in [2.45, 2.75) is 39.7 Å². The summed E-state index contributed by atoms with van der Waals surface area (Å²) in [6.07, 6.45) is -0.0197. The number of carboxylic acids is 1. The Balaban J connectivity index is 1.28. The molecule has 1 fully saturated rings. The van der Waals surface area contributed by atoms with Gasteiger partial charge in [-0.05, 0) is 77.9 Å². The quantitative estimate of drug-likeness (QED) is 0.212. The first kappa shape index (κ1) is 26.8. The summed E-state index contributed by atoms with van der Waals surface area (Å²) in [5.41, 5.74) is 5.67. The van der Waals surface area contributed by atoms with E-state index in [0.29, 0.717) is 13.2 Å². The van der Waals surface area contributed by atoms with Crippen molar-refractivity contribution >= 4 is 27.4 Å². The van der Waals surface area contributed by atoms with Crippen LogP contribution in [-0.4, -0.2) is 30.9 Å². The van der Waals surface area contributed by atoms with Crippen molar-refractivity contribution in [2.24, 2.45) is 5.41 Å². The minimum Gasteiger partial charge on any atom is -0.493 e. The third kappa shape index (κ3) is 6.27. The van der Waals surface area contributed by atoms with Crippen LogP contribution in [0, 0.1) is 24.2 Å². The third-order valence-corrected chi connectivity index (χ3v) is 7.96. The summed E-state index contributed by atoms with van der Waals surface area (Å²) in [6.45, 7) is 8.64. The Morgan fingerprint density at radius 3 is 2.49 bits per heavy atom. The number of aryl methyl sites for hydroxylation is 1. The van der Waals surface area contributed by atoms with E-state index in [0.717, 1.165) is 35.8 Å². The maximum atomic E-state index is 11.2. The molecule has 1 atom stereocenters. The van der Waals surface area contributed by atoms with Gasteiger partial charge in [-0.25, -0.2) is 0 Å². The van der Waals surface area contributed by atoms with E-state index >= 15 is 0 Å². The highest BCUT2D eigenvalue weighted by atomic mass is 32.1. The largest absolute Gasteiger partial charge is 0.493 e. The predicted octanol–water partition coefficient (Wildman–Crippen LogP) is 7.45. The molecule has 1 saturated heterocycles. The fraction of sp³-hybridized carbons (Fsp3) is 0.303. The van der Waals surface area contributed by atoms with Gasteiger partial charge in [0.25, 0.3) is 0 Å². The van der Waals surface area contributed by atoms with Crippen LogP contribution in [0.1, 0.15) is 42.9 Å². The fourth-order valence-electron chi connectivity index (χ4n) is 4.76.